The van der Waals surface area contributed by atoms with Gasteiger partial charge in [0, 0.05) is 12.2 Å². The highest BCUT2D eigenvalue weighted by molar-refractivity contribution is 7.93. The van der Waals surface area contributed by atoms with Crippen LogP contribution in [-0.4, -0.2) is 26.6 Å². The van der Waals surface area contributed by atoms with Crippen LogP contribution in [0.4, 0.5) is 15.8 Å². The van der Waals surface area contributed by atoms with Crippen molar-refractivity contribution in [3.63, 3.8) is 0 Å². The zero-order chi connectivity index (χ0) is 19.6. The molecule has 0 saturated carbocycles. The molecular formula is C20H23FN2O3S. The molecule has 1 aliphatic rings. The Labute approximate surface area is 159 Å². The van der Waals surface area contributed by atoms with Gasteiger partial charge < -0.3 is 5.32 Å². The first-order chi connectivity index (χ1) is 12.8. The number of hydrogen-bond donors (Lipinski definition) is 1. The highest BCUT2D eigenvalue weighted by atomic mass is 32.2. The number of nitrogens with one attached hydrogen (secondary N) is 1. The summed E-state index contributed by atoms with van der Waals surface area (Å²) in [5.74, 6) is -0.729. The van der Waals surface area contributed by atoms with E-state index in [4.69, 9.17) is 0 Å². The van der Waals surface area contributed by atoms with Gasteiger partial charge in [-0.15, -0.1) is 0 Å². The van der Waals surface area contributed by atoms with Crippen LogP contribution in [-0.2, 0) is 14.8 Å². The molecule has 0 aromatic heterocycles. The molecule has 144 valence electrons. The molecule has 27 heavy (non-hydrogen) atoms. The van der Waals surface area contributed by atoms with Gasteiger partial charge in [-0.3, -0.25) is 9.10 Å². The summed E-state index contributed by atoms with van der Waals surface area (Å²) in [7, 11) is -3.24. The minimum atomic E-state index is -3.24. The van der Waals surface area contributed by atoms with Crippen LogP contribution in [0.5, 0.6) is 0 Å². The number of anilines is 2. The van der Waals surface area contributed by atoms with Crippen LogP contribution in [0.3, 0.4) is 0 Å². The summed E-state index contributed by atoms with van der Waals surface area (Å²) in [5.41, 5.74) is 2.80. The highest BCUT2D eigenvalue weighted by Crippen LogP contribution is 2.30. The number of nitrogens with zero attached hydrogens (tertiary/aromatic N) is 1. The second-order valence-corrected chi connectivity index (χ2v) is 8.76. The summed E-state index contributed by atoms with van der Waals surface area (Å²) in [6.07, 6.45) is 1.21. The van der Waals surface area contributed by atoms with E-state index in [1.54, 1.807) is 30.3 Å². The van der Waals surface area contributed by atoms with Crippen molar-refractivity contribution in [2.45, 2.75) is 32.6 Å². The average molecular weight is 390 g/mol. The van der Waals surface area contributed by atoms with Gasteiger partial charge in [-0.25, -0.2) is 12.8 Å². The first-order valence-electron chi connectivity index (χ1n) is 8.99. The Bertz CT molecular complexity index is 942. The molecule has 1 aliphatic heterocycles. The van der Waals surface area contributed by atoms with E-state index in [2.05, 4.69) is 5.32 Å². The minimum Gasteiger partial charge on any atom is -0.326 e. The lowest BCUT2D eigenvalue weighted by molar-refractivity contribution is -0.117. The van der Waals surface area contributed by atoms with Crippen molar-refractivity contribution in [2.24, 2.45) is 0 Å². The minimum absolute atomic E-state index is 0.167. The molecule has 2 aromatic rings. The Morgan fingerprint density at radius 2 is 1.93 bits per heavy atom. The van der Waals surface area contributed by atoms with Gasteiger partial charge in [-0.2, -0.15) is 0 Å². The van der Waals surface area contributed by atoms with Gasteiger partial charge in [0.1, 0.15) is 5.82 Å². The largest absolute Gasteiger partial charge is 0.326 e. The topological polar surface area (TPSA) is 66.5 Å². The van der Waals surface area contributed by atoms with Gasteiger partial charge in [-0.05, 0) is 61.2 Å². The zero-order valence-corrected chi connectivity index (χ0v) is 16.2. The normalized spacial score (nSPS) is 16.9. The van der Waals surface area contributed by atoms with E-state index >= 15 is 0 Å². The summed E-state index contributed by atoms with van der Waals surface area (Å²) in [4.78, 5) is 12.7. The third-order valence-corrected chi connectivity index (χ3v) is 6.68. The lowest BCUT2D eigenvalue weighted by Gasteiger charge is -2.21. The molecular weight excluding hydrogens is 367 g/mol. The van der Waals surface area contributed by atoms with Crippen molar-refractivity contribution in [1.29, 1.82) is 0 Å². The predicted molar refractivity (Wildman–Crippen MR) is 105 cm³/mol. The van der Waals surface area contributed by atoms with E-state index in [1.807, 2.05) is 13.8 Å². The maximum absolute atomic E-state index is 13.1. The van der Waals surface area contributed by atoms with Crippen LogP contribution < -0.4 is 9.62 Å². The summed E-state index contributed by atoms with van der Waals surface area (Å²) >= 11 is 0. The molecule has 1 atom stereocenters. The number of rotatable bonds is 5. The third kappa shape index (κ3) is 4.13. The molecule has 5 nitrogen and oxygen atoms in total. The van der Waals surface area contributed by atoms with E-state index in [9.17, 15) is 17.6 Å². The van der Waals surface area contributed by atoms with E-state index in [0.29, 0.717) is 30.8 Å². The molecule has 1 unspecified atom stereocenters. The molecule has 2 aromatic carbocycles. The van der Waals surface area contributed by atoms with Crippen LogP contribution >= 0.6 is 0 Å². The average Bonchev–Trinajstić information content (AvgIpc) is 2.96. The van der Waals surface area contributed by atoms with Crippen molar-refractivity contribution in [2.75, 3.05) is 21.9 Å². The summed E-state index contributed by atoms with van der Waals surface area (Å²) in [6, 6.07) is 11.2. The molecule has 1 fully saturated rings. The smallest absolute Gasteiger partial charge is 0.235 e. The zero-order valence-electron chi connectivity index (χ0n) is 15.4. The number of hydrogen-bond acceptors (Lipinski definition) is 3. The van der Waals surface area contributed by atoms with Gasteiger partial charge in [0.05, 0.1) is 17.4 Å². The quantitative estimate of drug-likeness (QED) is 0.844. The molecule has 0 bridgehead atoms. The molecule has 0 spiro atoms. The fourth-order valence-electron chi connectivity index (χ4n) is 3.42. The van der Waals surface area contributed by atoms with Crippen molar-refractivity contribution < 1.29 is 17.6 Å². The number of amides is 1. The van der Waals surface area contributed by atoms with E-state index < -0.39 is 10.0 Å². The highest BCUT2D eigenvalue weighted by Gasteiger charge is 2.29. The van der Waals surface area contributed by atoms with E-state index in [0.717, 1.165) is 11.1 Å². The summed E-state index contributed by atoms with van der Waals surface area (Å²) < 4.78 is 38.8. The Hall–Kier alpha value is -2.41. The van der Waals surface area contributed by atoms with Crippen LogP contribution in [0.2, 0.25) is 0 Å². The SMILES string of the molecule is CCC(C(=O)Nc1ccc(N2CCCS2(=O)=O)c(C)c1)c1ccc(F)cc1. The van der Waals surface area contributed by atoms with Crippen LogP contribution in [0.1, 0.15) is 36.8 Å². The molecule has 1 saturated heterocycles. The van der Waals surface area contributed by atoms with Crippen molar-refractivity contribution in [3.8, 4) is 0 Å². The molecule has 0 aliphatic carbocycles. The number of carbonyl (C=O) groups excluding carboxylic acids is 1. The number of aryl methyl sites for hydroxylation is 1. The Morgan fingerprint density at radius 1 is 1.22 bits per heavy atom. The van der Waals surface area contributed by atoms with Gasteiger partial charge in [0.15, 0.2) is 0 Å². The second-order valence-electron chi connectivity index (χ2n) is 6.74. The maximum Gasteiger partial charge on any atom is 0.235 e. The van der Waals surface area contributed by atoms with E-state index in [1.165, 1.54) is 16.4 Å². The lowest BCUT2D eigenvalue weighted by atomic mass is 9.95. The third-order valence-electron chi connectivity index (χ3n) is 4.83. The lowest BCUT2D eigenvalue weighted by Crippen LogP contribution is -2.26. The number of sulfonamides is 1. The molecule has 7 heteroatoms. The Morgan fingerprint density at radius 3 is 2.48 bits per heavy atom. The molecule has 1 N–H and O–H groups in total. The van der Waals surface area contributed by atoms with Crippen LogP contribution in [0.15, 0.2) is 42.5 Å². The Balaban J connectivity index is 1.78. The molecule has 1 amide bonds. The number of benzene rings is 2. The molecule has 0 radical (unpaired) electrons. The van der Waals surface area contributed by atoms with Crippen LogP contribution in [0, 0.1) is 12.7 Å². The maximum atomic E-state index is 13.1. The monoisotopic (exact) mass is 390 g/mol. The molecule has 3 rings (SSSR count). The first kappa shape index (κ1) is 19.4. The fourth-order valence-corrected chi connectivity index (χ4v) is 5.05. The fraction of sp³-hybridized carbons (Fsp3) is 0.350. The van der Waals surface area contributed by atoms with Crippen LogP contribution in [0.25, 0.3) is 0 Å². The second kappa shape index (κ2) is 7.68. The van der Waals surface area contributed by atoms with Crippen molar-refractivity contribution in [1.82, 2.24) is 0 Å². The standard InChI is InChI=1S/C20H23FN2O3S/c1-3-18(15-5-7-16(21)8-6-15)20(24)22-17-9-10-19(14(2)13-17)23-11-4-12-27(23,25)26/h5-10,13,18H,3-4,11-12H2,1-2H3,(H,22,24). The van der Waals surface area contributed by atoms with Crippen molar-refractivity contribution in [3.05, 3.63) is 59.4 Å². The summed E-state index contributed by atoms with van der Waals surface area (Å²) in [6.45, 7) is 4.22. The Kier molecular flexibility index (Phi) is 5.51. The first-order valence-corrected chi connectivity index (χ1v) is 10.6. The van der Waals surface area contributed by atoms with Gasteiger partial charge in [-0.1, -0.05) is 19.1 Å². The van der Waals surface area contributed by atoms with Gasteiger partial charge in [0.2, 0.25) is 15.9 Å². The number of carbonyl (C=O) groups is 1. The van der Waals surface area contributed by atoms with Gasteiger partial charge in [0.25, 0.3) is 0 Å². The number of halogens is 1. The predicted octanol–water partition coefficient (Wildman–Crippen LogP) is 3.81. The summed E-state index contributed by atoms with van der Waals surface area (Å²) in [5, 5.41) is 2.88. The van der Waals surface area contributed by atoms with E-state index in [-0.39, 0.29) is 23.4 Å². The molecule has 1 heterocycles. The van der Waals surface area contributed by atoms with Gasteiger partial charge >= 0.3 is 0 Å². The van der Waals surface area contributed by atoms with Crippen molar-refractivity contribution >= 4 is 27.3 Å².